The molecular weight excluding hydrogens is 323 g/mol. The summed E-state index contributed by atoms with van der Waals surface area (Å²) in [5, 5.41) is 0. The highest BCUT2D eigenvalue weighted by atomic mass is 79.9. The largest absolute Gasteiger partial charge is 0.382 e. The van der Waals surface area contributed by atoms with Crippen molar-refractivity contribution in [2.75, 3.05) is 11.6 Å². The highest BCUT2D eigenvalue weighted by Crippen LogP contribution is 2.36. The van der Waals surface area contributed by atoms with Gasteiger partial charge in [-0.15, -0.1) is 0 Å². The predicted molar refractivity (Wildman–Crippen MR) is 81.1 cm³/mol. The quantitative estimate of drug-likeness (QED) is 0.824. The SMILES string of the molecule is Nc1c(-c2ccc(F)c(Br)c2)nc(C2CCCC2)n1N. The van der Waals surface area contributed by atoms with Crippen molar-refractivity contribution in [2.24, 2.45) is 0 Å². The first-order valence-corrected chi connectivity index (χ1v) is 7.46. The molecule has 0 radical (unpaired) electrons. The zero-order chi connectivity index (χ0) is 14.3. The lowest BCUT2D eigenvalue weighted by Gasteiger charge is -2.08. The molecule has 106 valence electrons. The molecule has 1 heterocycles. The van der Waals surface area contributed by atoms with Gasteiger partial charge in [0.2, 0.25) is 0 Å². The standard InChI is InChI=1S/C14H16BrFN4/c15-10-7-9(5-6-11(10)16)12-13(17)20(18)14(19-12)8-3-1-2-4-8/h5-8H,1-4,17-18H2. The van der Waals surface area contributed by atoms with E-state index < -0.39 is 0 Å². The van der Waals surface area contributed by atoms with Crippen molar-refractivity contribution in [3.63, 3.8) is 0 Å². The van der Waals surface area contributed by atoms with Crippen LogP contribution in [0.3, 0.4) is 0 Å². The number of hydrogen-bond donors (Lipinski definition) is 2. The topological polar surface area (TPSA) is 69.9 Å². The van der Waals surface area contributed by atoms with Gasteiger partial charge in [-0.2, -0.15) is 0 Å². The summed E-state index contributed by atoms with van der Waals surface area (Å²) in [5.74, 6) is 7.35. The molecule has 0 amide bonds. The number of halogens is 2. The molecule has 2 aromatic rings. The fourth-order valence-electron chi connectivity index (χ4n) is 2.79. The van der Waals surface area contributed by atoms with E-state index in [2.05, 4.69) is 20.9 Å². The zero-order valence-electron chi connectivity index (χ0n) is 10.9. The molecule has 4 N–H and O–H groups in total. The number of hydrogen-bond acceptors (Lipinski definition) is 3. The van der Waals surface area contributed by atoms with E-state index >= 15 is 0 Å². The monoisotopic (exact) mass is 338 g/mol. The first-order valence-electron chi connectivity index (χ1n) is 6.66. The summed E-state index contributed by atoms with van der Waals surface area (Å²) in [4.78, 5) is 4.60. The van der Waals surface area contributed by atoms with Gasteiger partial charge < -0.3 is 11.6 Å². The molecule has 1 aromatic heterocycles. The maximum atomic E-state index is 13.3. The molecule has 0 spiro atoms. The van der Waals surface area contributed by atoms with Crippen molar-refractivity contribution in [1.82, 2.24) is 9.66 Å². The number of nitrogens with zero attached hydrogens (tertiary/aromatic N) is 2. The van der Waals surface area contributed by atoms with Crippen LogP contribution in [0.5, 0.6) is 0 Å². The molecule has 0 saturated heterocycles. The van der Waals surface area contributed by atoms with E-state index in [4.69, 9.17) is 11.6 Å². The van der Waals surface area contributed by atoms with Crippen LogP contribution in [-0.4, -0.2) is 9.66 Å². The molecule has 1 aromatic carbocycles. The summed E-state index contributed by atoms with van der Waals surface area (Å²) in [6.45, 7) is 0. The van der Waals surface area contributed by atoms with Gasteiger partial charge in [0.1, 0.15) is 17.3 Å². The van der Waals surface area contributed by atoms with Crippen molar-refractivity contribution in [2.45, 2.75) is 31.6 Å². The Morgan fingerprint density at radius 3 is 2.65 bits per heavy atom. The summed E-state index contributed by atoms with van der Waals surface area (Å²) in [6, 6.07) is 4.73. The number of nitrogens with two attached hydrogens (primary N) is 2. The van der Waals surface area contributed by atoms with Crippen LogP contribution in [0.4, 0.5) is 10.2 Å². The zero-order valence-corrected chi connectivity index (χ0v) is 12.5. The summed E-state index contributed by atoms with van der Waals surface area (Å²) < 4.78 is 15.2. The van der Waals surface area contributed by atoms with Gasteiger partial charge in [-0.05, 0) is 47.0 Å². The molecule has 0 bridgehead atoms. The van der Waals surface area contributed by atoms with Crippen LogP contribution >= 0.6 is 15.9 Å². The molecule has 3 rings (SSSR count). The van der Waals surface area contributed by atoms with Crippen molar-refractivity contribution >= 4 is 21.7 Å². The van der Waals surface area contributed by atoms with Gasteiger partial charge in [0, 0.05) is 11.5 Å². The minimum absolute atomic E-state index is 0.310. The van der Waals surface area contributed by atoms with Crippen molar-refractivity contribution in [1.29, 1.82) is 0 Å². The first kappa shape index (κ1) is 13.4. The lowest BCUT2D eigenvalue weighted by atomic mass is 10.1. The molecule has 0 aliphatic heterocycles. The number of imidazole rings is 1. The Hall–Kier alpha value is -1.56. The molecule has 6 heteroatoms. The Labute approximate surface area is 125 Å². The van der Waals surface area contributed by atoms with Crippen molar-refractivity contribution < 1.29 is 4.39 Å². The summed E-state index contributed by atoms with van der Waals surface area (Å²) in [6.07, 6.45) is 4.60. The fraction of sp³-hybridized carbons (Fsp3) is 0.357. The van der Waals surface area contributed by atoms with Gasteiger partial charge in [-0.25, -0.2) is 14.1 Å². The second-order valence-electron chi connectivity index (χ2n) is 5.18. The van der Waals surface area contributed by atoms with Crippen LogP contribution in [-0.2, 0) is 0 Å². The van der Waals surface area contributed by atoms with Crippen LogP contribution in [0.25, 0.3) is 11.3 Å². The number of anilines is 1. The predicted octanol–water partition coefficient (Wildman–Crippen LogP) is 3.41. The minimum atomic E-state index is -0.310. The number of nitrogen functional groups attached to an aromatic ring is 2. The Kier molecular flexibility index (Phi) is 3.41. The molecule has 1 saturated carbocycles. The molecule has 1 aliphatic rings. The Morgan fingerprint density at radius 2 is 2.00 bits per heavy atom. The second kappa shape index (κ2) is 5.09. The molecule has 1 fully saturated rings. The van der Waals surface area contributed by atoms with E-state index in [1.54, 1.807) is 12.1 Å². The third-order valence-electron chi connectivity index (χ3n) is 3.89. The first-order chi connectivity index (χ1) is 9.58. The van der Waals surface area contributed by atoms with Crippen LogP contribution in [0, 0.1) is 5.82 Å². The van der Waals surface area contributed by atoms with Gasteiger partial charge in [0.15, 0.2) is 5.82 Å². The lowest BCUT2D eigenvalue weighted by molar-refractivity contribution is 0.621. The van der Waals surface area contributed by atoms with Gasteiger partial charge in [0.25, 0.3) is 0 Å². The molecule has 0 unspecified atom stereocenters. The van der Waals surface area contributed by atoms with Crippen molar-refractivity contribution in [3.05, 3.63) is 34.3 Å². The molecule has 0 atom stereocenters. The average Bonchev–Trinajstić information content (AvgIpc) is 3.04. The summed E-state index contributed by atoms with van der Waals surface area (Å²) in [7, 11) is 0. The Balaban J connectivity index is 2.05. The maximum absolute atomic E-state index is 13.3. The van der Waals surface area contributed by atoms with Crippen LogP contribution in [0.15, 0.2) is 22.7 Å². The molecule has 4 nitrogen and oxygen atoms in total. The average molecular weight is 339 g/mol. The minimum Gasteiger partial charge on any atom is -0.382 e. The van der Waals surface area contributed by atoms with Gasteiger partial charge in [-0.3, -0.25) is 0 Å². The Morgan fingerprint density at radius 1 is 1.30 bits per heavy atom. The molecule has 20 heavy (non-hydrogen) atoms. The van der Waals surface area contributed by atoms with Crippen LogP contribution < -0.4 is 11.6 Å². The fourth-order valence-corrected chi connectivity index (χ4v) is 3.17. The maximum Gasteiger partial charge on any atom is 0.150 e. The third kappa shape index (κ3) is 2.18. The lowest BCUT2D eigenvalue weighted by Crippen LogP contribution is -2.17. The number of benzene rings is 1. The van der Waals surface area contributed by atoms with Crippen molar-refractivity contribution in [3.8, 4) is 11.3 Å². The van der Waals surface area contributed by atoms with E-state index in [0.29, 0.717) is 21.9 Å². The van der Waals surface area contributed by atoms with E-state index in [1.165, 1.54) is 23.6 Å². The van der Waals surface area contributed by atoms with Gasteiger partial charge in [-0.1, -0.05) is 12.8 Å². The van der Waals surface area contributed by atoms with Crippen LogP contribution in [0.1, 0.15) is 37.4 Å². The summed E-state index contributed by atoms with van der Waals surface area (Å²) in [5.41, 5.74) is 7.44. The highest BCUT2D eigenvalue weighted by Gasteiger charge is 2.25. The molecule has 1 aliphatic carbocycles. The van der Waals surface area contributed by atoms with Gasteiger partial charge >= 0.3 is 0 Å². The van der Waals surface area contributed by atoms with Gasteiger partial charge in [0.05, 0.1) is 4.47 Å². The summed E-state index contributed by atoms with van der Waals surface area (Å²) >= 11 is 3.18. The number of rotatable bonds is 2. The number of aromatic nitrogens is 2. The van der Waals surface area contributed by atoms with Crippen LogP contribution in [0.2, 0.25) is 0 Å². The van der Waals surface area contributed by atoms with E-state index in [1.807, 2.05) is 0 Å². The van der Waals surface area contributed by atoms with E-state index in [0.717, 1.165) is 24.2 Å². The van der Waals surface area contributed by atoms with E-state index in [-0.39, 0.29) is 5.82 Å². The second-order valence-corrected chi connectivity index (χ2v) is 6.04. The van der Waals surface area contributed by atoms with E-state index in [9.17, 15) is 4.39 Å². The normalized spacial score (nSPS) is 15.9. The highest BCUT2D eigenvalue weighted by molar-refractivity contribution is 9.10. The third-order valence-corrected chi connectivity index (χ3v) is 4.50. The molecular formula is C14H16BrFN4. The Bertz CT molecular complexity index is 647. The smallest absolute Gasteiger partial charge is 0.150 e.